The smallest absolute Gasteiger partial charge is 0.425 e. The Hall–Kier alpha value is -4.48. The van der Waals surface area contributed by atoms with Gasteiger partial charge in [-0.1, -0.05) is 58.7 Å². The molecule has 230 valence electrons. The maximum absolute atomic E-state index is 13.2. The van der Waals surface area contributed by atoms with Gasteiger partial charge in [-0.3, -0.25) is 10.1 Å². The fourth-order valence-electron chi connectivity index (χ4n) is 3.84. The number of imide groups is 1. The van der Waals surface area contributed by atoms with Crippen LogP contribution in [-0.4, -0.2) is 44.4 Å². The van der Waals surface area contributed by atoms with Gasteiger partial charge in [0.1, 0.15) is 22.5 Å². The minimum absolute atomic E-state index is 0.0149. The van der Waals surface area contributed by atoms with Crippen molar-refractivity contribution in [1.29, 1.82) is 0 Å². The van der Waals surface area contributed by atoms with E-state index in [1.54, 1.807) is 90.1 Å². The molecule has 4 rings (SSSR count). The van der Waals surface area contributed by atoms with E-state index in [0.717, 1.165) is 0 Å². The second-order valence-corrected chi connectivity index (χ2v) is 12.4. The molecule has 0 aliphatic rings. The summed E-state index contributed by atoms with van der Waals surface area (Å²) in [5.41, 5.74) is -0.215. The van der Waals surface area contributed by atoms with E-state index >= 15 is 0 Å². The van der Waals surface area contributed by atoms with Crippen LogP contribution >= 0.6 is 23.2 Å². The first kappa shape index (κ1) is 32.4. The third-order valence-corrected chi connectivity index (χ3v) is 6.24. The molecule has 11 nitrogen and oxygen atoms in total. The molecule has 4 aromatic rings. The Kier molecular flexibility index (Phi) is 9.60. The molecule has 3 amide bonds. The van der Waals surface area contributed by atoms with Crippen LogP contribution in [0.2, 0.25) is 10.0 Å². The Balaban J connectivity index is 1.80. The molecule has 2 aromatic heterocycles. The molecule has 2 heterocycles. The van der Waals surface area contributed by atoms with Gasteiger partial charge in [-0.05, 0) is 65.3 Å². The van der Waals surface area contributed by atoms with Crippen molar-refractivity contribution < 1.29 is 28.4 Å². The molecular weight excluding hydrogens is 609 g/mol. The summed E-state index contributed by atoms with van der Waals surface area (Å²) >= 11 is 12.3. The Labute approximate surface area is 264 Å². The lowest BCUT2D eigenvalue weighted by Gasteiger charge is -2.28. The van der Waals surface area contributed by atoms with E-state index in [1.165, 1.54) is 12.3 Å². The molecule has 1 N–H and O–H groups in total. The van der Waals surface area contributed by atoms with Crippen molar-refractivity contribution in [3.05, 3.63) is 76.4 Å². The average Bonchev–Trinajstić information content (AvgIpc) is 3.32. The molecule has 0 atom stereocenters. The van der Waals surface area contributed by atoms with E-state index in [0.29, 0.717) is 26.1 Å². The third-order valence-electron chi connectivity index (χ3n) is 5.62. The van der Waals surface area contributed by atoms with E-state index < -0.39 is 29.3 Å². The number of aromatic nitrogens is 3. The number of hydrogen-bond donors (Lipinski definition) is 1. The van der Waals surface area contributed by atoms with Gasteiger partial charge < -0.3 is 14.0 Å². The second kappa shape index (κ2) is 13.0. The summed E-state index contributed by atoms with van der Waals surface area (Å²) in [6.45, 7) is 9.98. The highest BCUT2D eigenvalue weighted by Gasteiger charge is 2.34. The predicted octanol–water partition coefficient (Wildman–Crippen LogP) is 7.96. The number of rotatable bonds is 6. The second-order valence-electron chi connectivity index (χ2n) is 11.6. The number of nitrogens with zero attached hydrogens (tertiary/aromatic N) is 4. The number of nitrogens with one attached hydrogen (secondary N) is 1. The number of hydrogen-bond acceptors (Lipinski definition) is 9. The van der Waals surface area contributed by atoms with Gasteiger partial charge in [0.2, 0.25) is 11.8 Å². The van der Waals surface area contributed by atoms with Crippen LogP contribution < -0.4 is 10.2 Å². The fourth-order valence-corrected chi connectivity index (χ4v) is 4.17. The van der Waals surface area contributed by atoms with E-state index in [4.69, 9.17) is 37.2 Å². The molecule has 0 radical (unpaired) electrons. The highest BCUT2D eigenvalue weighted by atomic mass is 35.5. The zero-order valence-corrected chi connectivity index (χ0v) is 26.5. The van der Waals surface area contributed by atoms with Crippen molar-refractivity contribution >= 4 is 53.0 Å². The molecule has 0 saturated heterocycles. The average molecular weight is 641 g/mol. The molecule has 0 aliphatic heterocycles. The van der Waals surface area contributed by atoms with Gasteiger partial charge in [0, 0.05) is 27.9 Å². The number of carbonyl (C=O) groups is 3. The molecule has 0 spiro atoms. The van der Waals surface area contributed by atoms with Crippen molar-refractivity contribution in [3.63, 3.8) is 0 Å². The van der Waals surface area contributed by atoms with Gasteiger partial charge in [-0.25, -0.2) is 19.6 Å². The van der Waals surface area contributed by atoms with Crippen molar-refractivity contribution in [3.8, 4) is 22.6 Å². The first-order valence-corrected chi connectivity index (χ1v) is 14.3. The topological polar surface area (TPSA) is 137 Å². The summed E-state index contributed by atoms with van der Waals surface area (Å²) in [6, 6.07) is 15.0. The quantitative estimate of drug-likeness (QED) is 0.222. The normalized spacial score (nSPS) is 11.5. The molecule has 0 aliphatic carbocycles. The lowest BCUT2D eigenvalue weighted by molar-refractivity contribution is -0.115. The maximum atomic E-state index is 13.2. The maximum Gasteiger partial charge on any atom is 0.425 e. The summed E-state index contributed by atoms with van der Waals surface area (Å²) < 4.78 is 16.5. The van der Waals surface area contributed by atoms with Crippen molar-refractivity contribution in [1.82, 2.24) is 15.1 Å². The van der Waals surface area contributed by atoms with E-state index in [9.17, 15) is 14.4 Å². The highest BCUT2D eigenvalue weighted by molar-refractivity contribution is 6.31. The molecule has 44 heavy (non-hydrogen) atoms. The minimum Gasteiger partial charge on any atom is -0.443 e. The van der Waals surface area contributed by atoms with Gasteiger partial charge in [0.25, 0.3) is 0 Å². The van der Waals surface area contributed by atoms with Crippen LogP contribution in [0.3, 0.4) is 0 Å². The number of carbonyl (C=O) groups excluding carboxylic acids is 3. The number of halogens is 2. The van der Waals surface area contributed by atoms with Gasteiger partial charge in [0.05, 0.1) is 6.42 Å². The lowest BCUT2D eigenvalue weighted by Crippen LogP contribution is -2.44. The highest BCUT2D eigenvalue weighted by Crippen LogP contribution is 2.37. The monoisotopic (exact) mass is 639 g/mol. The Morgan fingerprint density at radius 3 is 2.09 bits per heavy atom. The molecule has 2 aromatic carbocycles. The van der Waals surface area contributed by atoms with E-state index in [2.05, 4.69) is 20.4 Å². The van der Waals surface area contributed by atoms with Crippen LogP contribution in [0.5, 0.6) is 0 Å². The summed E-state index contributed by atoms with van der Waals surface area (Å²) in [5.74, 6) is -0.669. The summed E-state index contributed by atoms with van der Waals surface area (Å²) in [4.78, 5) is 49.1. The molecule has 0 unspecified atom stereocenters. The number of benzene rings is 2. The zero-order valence-electron chi connectivity index (χ0n) is 25.0. The number of amides is 3. The Morgan fingerprint density at radius 1 is 0.886 bits per heavy atom. The van der Waals surface area contributed by atoms with Crippen LogP contribution in [0.1, 0.15) is 47.1 Å². The predicted molar refractivity (Wildman–Crippen MR) is 167 cm³/mol. The SMILES string of the molecule is CC(C)(C)OC(=O)N(C(=O)OC(C)(C)C)c1ccnc(-c2c(-c3ccc(Cl)cc3)noc2NC(=O)Cc2ccccc2Cl)n1. The number of anilines is 2. The minimum atomic E-state index is -1.01. The standard InChI is InChI=1S/C31H31Cl2N5O6/c1-30(2,3)42-28(40)38(29(41)43-31(4,5)6)22-15-16-34-26(35-22)24-25(18-11-13-20(32)14-12-18)37-44-27(24)36-23(39)17-19-9-7-8-10-21(19)33/h7-16H,17H2,1-6H3,(H,36,39). The molecule has 0 saturated carbocycles. The Morgan fingerprint density at radius 2 is 1.50 bits per heavy atom. The van der Waals surface area contributed by atoms with Gasteiger partial charge in [-0.2, -0.15) is 4.90 Å². The molecule has 13 heteroatoms. The van der Waals surface area contributed by atoms with Gasteiger partial charge in [-0.15, -0.1) is 0 Å². The van der Waals surface area contributed by atoms with Crippen molar-refractivity contribution in [2.45, 2.75) is 59.2 Å². The van der Waals surface area contributed by atoms with Crippen LogP contribution in [-0.2, 0) is 20.7 Å². The van der Waals surface area contributed by atoms with Crippen LogP contribution in [0, 0.1) is 0 Å². The molecular formula is C31H31Cl2N5O6. The van der Waals surface area contributed by atoms with Crippen molar-refractivity contribution in [2.75, 3.05) is 10.2 Å². The van der Waals surface area contributed by atoms with Gasteiger partial charge in [0.15, 0.2) is 11.6 Å². The summed E-state index contributed by atoms with van der Waals surface area (Å²) in [7, 11) is 0. The molecule has 0 bridgehead atoms. The van der Waals surface area contributed by atoms with Crippen LogP contribution in [0.15, 0.2) is 65.3 Å². The first-order chi connectivity index (χ1) is 20.6. The van der Waals surface area contributed by atoms with Gasteiger partial charge >= 0.3 is 12.2 Å². The first-order valence-electron chi connectivity index (χ1n) is 13.5. The van der Waals surface area contributed by atoms with Crippen LogP contribution in [0.25, 0.3) is 22.6 Å². The summed E-state index contributed by atoms with van der Waals surface area (Å²) in [5, 5.41) is 7.82. The number of ether oxygens (including phenoxy) is 2. The zero-order chi connectivity index (χ0) is 32.2. The van der Waals surface area contributed by atoms with E-state index in [1.807, 2.05) is 0 Å². The Bertz CT molecular complexity index is 1650. The third kappa shape index (κ3) is 8.33. The largest absolute Gasteiger partial charge is 0.443 e. The summed E-state index contributed by atoms with van der Waals surface area (Å²) in [6.07, 6.45) is -0.726. The fraction of sp³-hybridized carbons (Fsp3) is 0.290. The van der Waals surface area contributed by atoms with E-state index in [-0.39, 0.29) is 35.2 Å². The molecule has 0 fully saturated rings. The van der Waals surface area contributed by atoms with Crippen LogP contribution in [0.4, 0.5) is 21.3 Å². The lowest BCUT2D eigenvalue weighted by atomic mass is 10.1. The van der Waals surface area contributed by atoms with Crippen molar-refractivity contribution in [2.24, 2.45) is 0 Å².